The van der Waals surface area contributed by atoms with Gasteiger partial charge in [-0.25, -0.2) is 4.79 Å². The molecule has 0 aliphatic heterocycles. The molecule has 0 bridgehead atoms. The fraction of sp³-hybridized carbons (Fsp3) is 0.600. The van der Waals surface area contributed by atoms with Crippen LogP contribution in [0.2, 0.25) is 0 Å². The highest BCUT2D eigenvalue weighted by atomic mass is 16.5. The number of methoxy groups -OCH3 is 1. The van der Waals surface area contributed by atoms with Crippen LogP contribution in [0, 0.1) is 0 Å². The molecule has 96 valence electrons. The minimum absolute atomic E-state index is 0.0175. The number of nitrogens with zero attached hydrogens (tertiary/aromatic N) is 2. The Morgan fingerprint density at radius 1 is 1.59 bits per heavy atom. The lowest BCUT2D eigenvalue weighted by Crippen LogP contribution is -2.29. The van der Waals surface area contributed by atoms with E-state index in [1.54, 1.807) is 7.11 Å². The summed E-state index contributed by atoms with van der Waals surface area (Å²) in [6.07, 6.45) is 0. The van der Waals surface area contributed by atoms with Gasteiger partial charge in [0.25, 0.3) is 0 Å². The van der Waals surface area contributed by atoms with Crippen molar-refractivity contribution in [3.63, 3.8) is 0 Å². The number of carboxylic acid groups (broad SMARTS) is 1. The molecular weight excluding hydrogens is 228 g/mol. The number of aromatic nitrogens is 1. The van der Waals surface area contributed by atoms with Gasteiger partial charge >= 0.3 is 5.97 Å². The van der Waals surface area contributed by atoms with Crippen molar-refractivity contribution in [1.29, 1.82) is 0 Å². The van der Waals surface area contributed by atoms with Crippen LogP contribution in [0.1, 0.15) is 16.2 Å². The number of ether oxygens (including phenoxy) is 1. The van der Waals surface area contributed by atoms with Gasteiger partial charge in [-0.2, -0.15) is 0 Å². The van der Waals surface area contributed by atoms with Gasteiger partial charge in [0.2, 0.25) is 0 Å². The number of carboxylic acids is 1. The molecule has 17 heavy (non-hydrogen) atoms. The second-order valence-corrected chi connectivity index (χ2v) is 3.48. The summed E-state index contributed by atoms with van der Waals surface area (Å²) in [5.74, 6) is -0.669. The van der Waals surface area contributed by atoms with E-state index in [0.29, 0.717) is 32.0 Å². The number of aliphatic hydroxyl groups excluding tert-OH is 1. The number of carbonyl (C=O) groups is 1. The Labute approximate surface area is 98.6 Å². The van der Waals surface area contributed by atoms with Crippen LogP contribution in [0.5, 0.6) is 0 Å². The highest BCUT2D eigenvalue weighted by Crippen LogP contribution is 2.07. The lowest BCUT2D eigenvalue weighted by molar-refractivity contribution is 0.0685. The standard InChI is InChI=1S/C10H16N2O5/c1-16-5-3-12(2-4-13)7-8-6-9(10(14)15)11-17-8/h6,13H,2-5,7H2,1H3,(H,14,15). The molecule has 0 fully saturated rings. The third-order valence-corrected chi connectivity index (χ3v) is 2.19. The number of hydrogen-bond acceptors (Lipinski definition) is 6. The zero-order chi connectivity index (χ0) is 12.7. The molecule has 1 rings (SSSR count). The number of aliphatic hydroxyl groups is 1. The van der Waals surface area contributed by atoms with Crippen LogP contribution in [0.4, 0.5) is 0 Å². The zero-order valence-electron chi connectivity index (χ0n) is 9.63. The molecule has 7 heteroatoms. The zero-order valence-corrected chi connectivity index (χ0v) is 9.63. The number of rotatable bonds is 8. The van der Waals surface area contributed by atoms with Crippen LogP contribution in [-0.2, 0) is 11.3 Å². The van der Waals surface area contributed by atoms with Crippen molar-refractivity contribution in [2.45, 2.75) is 6.54 Å². The highest BCUT2D eigenvalue weighted by molar-refractivity contribution is 5.85. The Balaban J connectivity index is 2.55. The summed E-state index contributed by atoms with van der Waals surface area (Å²) in [5.41, 5.74) is -0.115. The number of aromatic carboxylic acids is 1. The fourth-order valence-electron chi connectivity index (χ4n) is 1.34. The molecule has 1 aromatic heterocycles. The monoisotopic (exact) mass is 244 g/mol. The third-order valence-electron chi connectivity index (χ3n) is 2.19. The molecule has 0 aromatic carbocycles. The second kappa shape index (κ2) is 7.00. The first-order valence-electron chi connectivity index (χ1n) is 5.18. The van der Waals surface area contributed by atoms with Crippen molar-refractivity contribution in [1.82, 2.24) is 10.1 Å². The van der Waals surface area contributed by atoms with E-state index >= 15 is 0 Å². The van der Waals surface area contributed by atoms with Crippen molar-refractivity contribution in [2.75, 3.05) is 33.4 Å². The highest BCUT2D eigenvalue weighted by Gasteiger charge is 2.13. The lowest BCUT2D eigenvalue weighted by Gasteiger charge is -2.18. The average molecular weight is 244 g/mol. The normalized spacial score (nSPS) is 11.0. The summed E-state index contributed by atoms with van der Waals surface area (Å²) in [6.45, 7) is 2.03. The molecule has 0 aliphatic carbocycles. The van der Waals surface area contributed by atoms with Crippen LogP contribution in [0.3, 0.4) is 0 Å². The van der Waals surface area contributed by atoms with E-state index in [9.17, 15) is 4.79 Å². The molecule has 0 spiro atoms. The Kier molecular flexibility index (Phi) is 5.61. The smallest absolute Gasteiger partial charge is 0.358 e. The maximum absolute atomic E-state index is 10.6. The van der Waals surface area contributed by atoms with Gasteiger partial charge in [0.05, 0.1) is 19.8 Å². The Morgan fingerprint density at radius 3 is 2.88 bits per heavy atom. The van der Waals surface area contributed by atoms with Gasteiger partial charge in [-0.3, -0.25) is 4.90 Å². The van der Waals surface area contributed by atoms with Crippen molar-refractivity contribution in [2.24, 2.45) is 0 Å². The van der Waals surface area contributed by atoms with E-state index < -0.39 is 5.97 Å². The SMILES string of the molecule is COCCN(CCO)Cc1cc(C(=O)O)no1. The van der Waals surface area contributed by atoms with E-state index in [2.05, 4.69) is 5.16 Å². The molecule has 2 N–H and O–H groups in total. The molecule has 0 aliphatic rings. The summed E-state index contributed by atoms with van der Waals surface area (Å²) >= 11 is 0. The van der Waals surface area contributed by atoms with Gasteiger partial charge in [-0.05, 0) is 0 Å². The number of hydrogen-bond donors (Lipinski definition) is 2. The summed E-state index contributed by atoms with van der Waals surface area (Å²) < 4.78 is 9.82. The van der Waals surface area contributed by atoms with Crippen LogP contribution in [0.15, 0.2) is 10.6 Å². The third kappa shape index (κ3) is 4.51. The first kappa shape index (κ1) is 13.6. The molecule has 0 saturated carbocycles. The molecule has 1 aromatic rings. The molecule has 7 nitrogen and oxygen atoms in total. The van der Waals surface area contributed by atoms with Gasteiger partial charge in [-0.15, -0.1) is 0 Å². The Bertz CT molecular complexity index is 352. The van der Waals surface area contributed by atoms with Crippen LogP contribution in [0.25, 0.3) is 0 Å². The Morgan fingerprint density at radius 2 is 2.35 bits per heavy atom. The summed E-state index contributed by atoms with van der Waals surface area (Å²) in [5, 5.41) is 21.0. The van der Waals surface area contributed by atoms with Crippen molar-refractivity contribution >= 4 is 5.97 Å². The van der Waals surface area contributed by atoms with Gasteiger partial charge in [0.15, 0.2) is 11.5 Å². The van der Waals surface area contributed by atoms with Gasteiger partial charge in [-0.1, -0.05) is 5.16 Å². The summed E-state index contributed by atoms with van der Waals surface area (Å²) in [7, 11) is 1.59. The largest absolute Gasteiger partial charge is 0.476 e. The first-order valence-corrected chi connectivity index (χ1v) is 5.18. The van der Waals surface area contributed by atoms with Gasteiger partial charge in [0.1, 0.15) is 0 Å². The predicted octanol–water partition coefficient (Wildman–Crippen LogP) is -0.186. The molecule has 0 amide bonds. The minimum Gasteiger partial charge on any atom is -0.476 e. The lowest BCUT2D eigenvalue weighted by atomic mass is 10.3. The van der Waals surface area contributed by atoms with Crippen LogP contribution >= 0.6 is 0 Å². The minimum atomic E-state index is -1.12. The Hall–Kier alpha value is -1.44. The first-order chi connectivity index (χ1) is 8.17. The topological polar surface area (TPSA) is 96.0 Å². The molecule has 1 heterocycles. The molecular formula is C10H16N2O5. The molecule has 0 unspecified atom stereocenters. The maximum Gasteiger partial charge on any atom is 0.358 e. The van der Waals surface area contributed by atoms with E-state index in [4.69, 9.17) is 19.5 Å². The van der Waals surface area contributed by atoms with Crippen LogP contribution < -0.4 is 0 Å². The van der Waals surface area contributed by atoms with Crippen molar-refractivity contribution < 1.29 is 24.3 Å². The fourth-order valence-corrected chi connectivity index (χ4v) is 1.34. The van der Waals surface area contributed by atoms with E-state index in [-0.39, 0.29) is 12.3 Å². The second-order valence-electron chi connectivity index (χ2n) is 3.48. The van der Waals surface area contributed by atoms with Gasteiger partial charge in [0, 0.05) is 26.3 Å². The quantitative estimate of drug-likeness (QED) is 0.654. The van der Waals surface area contributed by atoms with E-state index in [0.717, 1.165) is 0 Å². The average Bonchev–Trinajstić information content (AvgIpc) is 2.75. The van der Waals surface area contributed by atoms with E-state index in [1.807, 2.05) is 4.90 Å². The molecule has 0 atom stereocenters. The van der Waals surface area contributed by atoms with Crippen molar-refractivity contribution in [3.8, 4) is 0 Å². The van der Waals surface area contributed by atoms with Gasteiger partial charge < -0.3 is 19.5 Å². The summed E-state index contributed by atoms with van der Waals surface area (Å²) in [4.78, 5) is 12.5. The molecule has 0 radical (unpaired) electrons. The maximum atomic E-state index is 10.6. The van der Waals surface area contributed by atoms with Crippen molar-refractivity contribution in [3.05, 3.63) is 17.5 Å². The molecule has 0 saturated heterocycles. The van der Waals surface area contributed by atoms with E-state index in [1.165, 1.54) is 6.07 Å². The summed E-state index contributed by atoms with van der Waals surface area (Å²) in [6, 6.07) is 1.37. The predicted molar refractivity (Wildman–Crippen MR) is 57.7 cm³/mol. The van der Waals surface area contributed by atoms with Crippen LogP contribution in [-0.4, -0.2) is 59.7 Å².